The Labute approximate surface area is 313 Å². The van der Waals surface area contributed by atoms with Crippen LogP contribution in [0.15, 0.2) is 185 Å². The Morgan fingerprint density at radius 2 is 0.944 bits per heavy atom. The van der Waals surface area contributed by atoms with Gasteiger partial charge in [0.1, 0.15) is 22.3 Å². The van der Waals surface area contributed by atoms with Gasteiger partial charge >= 0.3 is 0 Å². The Hall–Kier alpha value is -6.84. The second-order valence-electron chi connectivity index (χ2n) is 14.9. The maximum absolute atomic E-state index is 6.75. The van der Waals surface area contributed by atoms with E-state index in [4.69, 9.17) is 8.83 Å². The molecule has 1 aliphatic rings. The first-order valence-electron chi connectivity index (χ1n) is 18.6. The Balaban J connectivity index is 1.07. The summed E-state index contributed by atoms with van der Waals surface area (Å²) in [5.41, 5.74) is 16.5. The van der Waals surface area contributed by atoms with Crippen molar-refractivity contribution in [3.8, 4) is 33.4 Å². The number of furan rings is 2. The lowest BCUT2D eigenvalue weighted by molar-refractivity contribution is 0.660. The predicted molar refractivity (Wildman–Crippen MR) is 224 cm³/mol. The third-order valence-corrected chi connectivity index (χ3v) is 11.5. The van der Waals surface area contributed by atoms with E-state index in [0.717, 1.165) is 72.1 Å². The summed E-state index contributed by atoms with van der Waals surface area (Å²) in [4.78, 5) is 2.35. The lowest BCUT2D eigenvalue weighted by atomic mass is 9.82. The van der Waals surface area contributed by atoms with E-state index in [9.17, 15) is 0 Å². The van der Waals surface area contributed by atoms with Gasteiger partial charge in [0.2, 0.25) is 0 Å². The van der Waals surface area contributed by atoms with Crippen LogP contribution in [0.25, 0.3) is 77.3 Å². The number of fused-ring (bicyclic) bond motifs is 9. The minimum atomic E-state index is -0.116. The standard InChI is InChI=1S/C51H35NO2/c1-51(2)44-18-10-9-16-39(44)40-26-24-36(28-45(40)51)52(35-22-20-33(21-23-35)32-12-5-3-6-13-32)37-25-27-41-42-30-49-43(31-48(42)54-47(41)29-37)50-38(17-11-19-46(50)53-49)34-14-7-4-8-15-34/h3-31H,1-2H3. The Kier molecular flexibility index (Phi) is 6.60. The number of hydrogen-bond acceptors (Lipinski definition) is 3. The second kappa shape index (κ2) is 11.6. The predicted octanol–water partition coefficient (Wildman–Crippen LogP) is 14.6. The molecule has 11 rings (SSSR count). The monoisotopic (exact) mass is 693 g/mol. The van der Waals surface area contributed by atoms with E-state index < -0.39 is 0 Å². The third-order valence-electron chi connectivity index (χ3n) is 11.5. The molecule has 0 aliphatic heterocycles. The van der Waals surface area contributed by atoms with Gasteiger partial charge in [-0.25, -0.2) is 0 Å². The molecular weight excluding hydrogens is 659 g/mol. The summed E-state index contributed by atoms with van der Waals surface area (Å²) in [6.07, 6.45) is 0. The Bertz CT molecular complexity index is 3060. The minimum absolute atomic E-state index is 0.116. The first-order chi connectivity index (χ1) is 26.5. The van der Waals surface area contributed by atoms with Crippen LogP contribution in [-0.4, -0.2) is 0 Å². The van der Waals surface area contributed by atoms with Gasteiger partial charge in [0.15, 0.2) is 0 Å². The molecule has 0 atom stereocenters. The number of nitrogens with zero attached hydrogens (tertiary/aromatic N) is 1. The van der Waals surface area contributed by atoms with Gasteiger partial charge in [0.05, 0.1) is 0 Å². The molecule has 256 valence electrons. The van der Waals surface area contributed by atoms with Gasteiger partial charge in [-0.15, -0.1) is 0 Å². The van der Waals surface area contributed by atoms with Crippen LogP contribution in [0.5, 0.6) is 0 Å². The Morgan fingerprint density at radius 3 is 1.76 bits per heavy atom. The molecule has 0 spiro atoms. The van der Waals surface area contributed by atoms with E-state index in [2.05, 4.69) is 183 Å². The van der Waals surface area contributed by atoms with Crippen LogP contribution >= 0.6 is 0 Å². The summed E-state index contributed by atoms with van der Waals surface area (Å²) < 4.78 is 13.2. The normalized spacial score (nSPS) is 13.1. The van der Waals surface area contributed by atoms with Gasteiger partial charge in [0.25, 0.3) is 0 Å². The van der Waals surface area contributed by atoms with Crippen molar-refractivity contribution < 1.29 is 8.83 Å². The highest BCUT2D eigenvalue weighted by molar-refractivity contribution is 6.18. The van der Waals surface area contributed by atoms with Crippen molar-refractivity contribution in [1.29, 1.82) is 0 Å². The van der Waals surface area contributed by atoms with Crippen molar-refractivity contribution in [3.63, 3.8) is 0 Å². The zero-order valence-corrected chi connectivity index (χ0v) is 30.0. The molecule has 2 aromatic heterocycles. The quantitative estimate of drug-likeness (QED) is 0.180. The van der Waals surface area contributed by atoms with Gasteiger partial charge < -0.3 is 13.7 Å². The average molecular weight is 694 g/mol. The number of benzene rings is 8. The van der Waals surface area contributed by atoms with E-state index >= 15 is 0 Å². The number of hydrogen-bond donors (Lipinski definition) is 0. The molecule has 2 heterocycles. The van der Waals surface area contributed by atoms with E-state index in [1.807, 2.05) is 12.1 Å². The van der Waals surface area contributed by atoms with Crippen molar-refractivity contribution in [1.82, 2.24) is 0 Å². The topological polar surface area (TPSA) is 29.5 Å². The van der Waals surface area contributed by atoms with E-state index in [-0.39, 0.29) is 5.41 Å². The van der Waals surface area contributed by atoms with Crippen LogP contribution in [0.2, 0.25) is 0 Å². The van der Waals surface area contributed by atoms with Gasteiger partial charge in [-0.3, -0.25) is 0 Å². The van der Waals surface area contributed by atoms with Crippen LogP contribution in [0.4, 0.5) is 17.1 Å². The molecule has 1 aliphatic carbocycles. The summed E-state index contributed by atoms with van der Waals surface area (Å²) in [6, 6.07) is 62.9. The number of anilines is 3. The number of rotatable bonds is 5. The van der Waals surface area contributed by atoms with Crippen LogP contribution in [0, 0.1) is 0 Å². The molecule has 0 amide bonds. The van der Waals surface area contributed by atoms with Crippen LogP contribution < -0.4 is 4.90 Å². The summed E-state index contributed by atoms with van der Waals surface area (Å²) in [5, 5.41) is 4.26. The molecule has 0 saturated carbocycles. The lowest BCUT2D eigenvalue weighted by Gasteiger charge is -2.28. The molecule has 0 unspecified atom stereocenters. The first-order valence-corrected chi connectivity index (χ1v) is 18.6. The smallest absolute Gasteiger partial charge is 0.137 e. The summed E-state index contributed by atoms with van der Waals surface area (Å²) >= 11 is 0. The molecule has 0 N–H and O–H groups in total. The van der Waals surface area contributed by atoms with Gasteiger partial charge in [-0.1, -0.05) is 129 Å². The zero-order valence-electron chi connectivity index (χ0n) is 30.0. The molecule has 3 nitrogen and oxygen atoms in total. The van der Waals surface area contributed by atoms with E-state index in [1.165, 1.54) is 33.4 Å². The molecule has 0 saturated heterocycles. The fourth-order valence-corrected chi connectivity index (χ4v) is 8.79. The second-order valence-corrected chi connectivity index (χ2v) is 14.9. The average Bonchev–Trinajstić information content (AvgIpc) is 3.84. The fourth-order valence-electron chi connectivity index (χ4n) is 8.79. The van der Waals surface area contributed by atoms with Crippen LogP contribution in [-0.2, 0) is 5.41 Å². The SMILES string of the molecule is CC1(C)c2ccccc2-c2ccc(N(c3ccc(-c4ccccc4)cc3)c3ccc4c(c3)oc3cc5c(cc34)oc3cccc(-c4ccccc4)c35)cc21. The maximum Gasteiger partial charge on any atom is 0.137 e. The first kappa shape index (κ1) is 30.8. The van der Waals surface area contributed by atoms with Crippen LogP contribution in [0.1, 0.15) is 25.0 Å². The third kappa shape index (κ3) is 4.61. The molecule has 3 heteroatoms. The largest absolute Gasteiger partial charge is 0.456 e. The van der Waals surface area contributed by atoms with Crippen molar-refractivity contribution in [2.45, 2.75) is 19.3 Å². The van der Waals surface area contributed by atoms with Gasteiger partial charge in [-0.2, -0.15) is 0 Å². The van der Waals surface area contributed by atoms with Crippen LogP contribution in [0.3, 0.4) is 0 Å². The van der Waals surface area contributed by atoms with Crippen molar-refractivity contribution in [2.24, 2.45) is 0 Å². The Morgan fingerprint density at radius 1 is 0.370 bits per heavy atom. The molecule has 0 bridgehead atoms. The van der Waals surface area contributed by atoms with Gasteiger partial charge in [0, 0.05) is 50.1 Å². The molecule has 8 aromatic carbocycles. The highest BCUT2D eigenvalue weighted by Crippen LogP contribution is 2.51. The summed E-state index contributed by atoms with van der Waals surface area (Å²) in [5.74, 6) is 0. The van der Waals surface area contributed by atoms with Gasteiger partial charge in [-0.05, 0) is 99.1 Å². The zero-order chi connectivity index (χ0) is 36.0. The fraction of sp³-hybridized carbons (Fsp3) is 0.0588. The molecule has 0 fully saturated rings. The van der Waals surface area contributed by atoms with E-state index in [0.29, 0.717) is 0 Å². The molecule has 54 heavy (non-hydrogen) atoms. The van der Waals surface area contributed by atoms with Crippen molar-refractivity contribution in [2.75, 3.05) is 4.90 Å². The lowest BCUT2D eigenvalue weighted by Crippen LogP contribution is -2.16. The summed E-state index contributed by atoms with van der Waals surface area (Å²) in [7, 11) is 0. The van der Waals surface area contributed by atoms with Crippen molar-refractivity contribution >= 4 is 60.9 Å². The minimum Gasteiger partial charge on any atom is -0.456 e. The van der Waals surface area contributed by atoms with E-state index in [1.54, 1.807) is 0 Å². The molecular formula is C51H35NO2. The highest BCUT2D eigenvalue weighted by atomic mass is 16.3. The maximum atomic E-state index is 6.75. The summed E-state index contributed by atoms with van der Waals surface area (Å²) in [6.45, 7) is 4.67. The molecule has 10 aromatic rings. The molecule has 0 radical (unpaired) electrons. The van der Waals surface area contributed by atoms with Crippen molar-refractivity contribution in [3.05, 3.63) is 187 Å². The highest BCUT2D eigenvalue weighted by Gasteiger charge is 2.35.